The summed E-state index contributed by atoms with van der Waals surface area (Å²) in [5.74, 6) is 0.629. The Morgan fingerprint density at radius 2 is 1.79 bits per heavy atom. The fraction of sp³-hybridized carbons (Fsp3) is 0.0435. The summed E-state index contributed by atoms with van der Waals surface area (Å²) < 4.78 is 11.5. The van der Waals surface area contributed by atoms with Crippen molar-refractivity contribution in [2.75, 3.05) is 7.11 Å². The van der Waals surface area contributed by atoms with Crippen molar-refractivity contribution in [3.63, 3.8) is 0 Å². The number of methoxy groups -OCH3 is 1. The van der Waals surface area contributed by atoms with Crippen LogP contribution in [0.1, 0.15) is 21.5 Å². The normalized spacial score (nSPS) is 10.8. The van der Waals surface area contributed by atoms with Crippen LogP contribution in [0, 0.1) is 11.3 Å². The Morgan fingerprint density at radius 3 is 2.46 bits per heavy atom. The third-order valence-electron chi connectivity index (χ3n) is 3.98. The van der Waals surface area contributed by atoms with E-state index in [-0.39, 0.29) is 0 Å². The van der Waals surface area contributed by atoms with E-state index in [9.17, 15) is 10.1 Å². The van der Waals surface area contributed by atoms with E-state index in [1.165, 1.54) is 0 Å². The molecule has 0 amide bonds. The number of nitriles is 1. The van der Waals surface area contributed by atoms with Crippen LogP contribution in [0.3, 0.4) is 0 Å². The molecule has 0 saturated heterocycles. The molecule has 0 bridgehead atoms. The number of halogens is 1. The van der Waals surface area contributed by atoms with Crippen molar-refractivity contribution < 1.29 is 14.3 Å². The molecule has 0 radical (unpaired) electrons. The Balaban J connectivity index is 1.79. The van der Waals surface area contributed by atoms with E-state index in [0.717, 1.165) is 15.6 Å². The number of hydrogen-bond donors (Lipinski definition) is 0. The van der Waals surface area contributed by atoms with E-state index in [1.807, 2.05) is 30.3 Å². The lowest BCUT2D eigenvalue weighted by Gasteiger charge is -2.07. The van der Waals surface area contributed by atoms with Gasteiger partial charge in [0.25, 0.3) is 0 Å². The quantitative estimate of drug-likeness (QED) is 0.222. The molecule has 0 aliphatic heterocycles. The highest BCUT2D eigenvalue weighted by Gasteiger charge is 2.10. The molecule has 0 atom stereocenters. The van der Waals surface area contributed by atoms with E-state index in [2.05, 4.69) is 22.0 Å². The molecule has 0 unspecified atom stereocenters. The second-order valence-electron chi connectivity index (χ2n) is 5.84. The van der Waals surface area contributed by atoms with E-state index >= 15 is 0 Å². The molecule has 138 valence electrons. The standard InChI is InChI=1S/C23H16BrNO3/c1-27-22-8-3-2-7-21(22)18(15-25)13-16-9-11-20(12-10-16)28-23(26)17-5-4-6-19(24)14-17/h2-14H,1H3/b18-13-. The highest BCUT2D eigenvalue weighted by molar-refractivity contribution is 9.10. The molecule has 0 aliphatic carbocycles. The minimum absolute atomic E-state index is 0.429. The molecular formula is C23H16BrNO3. The molecule has 3 aromatic rings. The summed E-state index contributed by atoms with van der Waals surface area (Å²) in [6.45, 7) is 0. The molecule has 0 fully saturated rings. The van der Waals surface area contributed by atoms with Gasteiger partial charge in [-0.25, -0.2) is 4.79 Å². The molecule has 4 nitrogen and oxygen atoms in total. The fourth-order valence-electron chi connectivity index (χ4n) is 2.62. The van der Waals surface area contributed by atoms with Gasteiger partial charge in [0.15, 0.2) is 0 Å². The van der Waals surface area contributed by atoms with Crippen LogP contribution in [-0.2, 0) is 0 Å². The predicted molar refractivity (Wildman–Crippen MR) is 112 cm³/mol. The summed E-state index contributed by atoms with van der Waals surface area (Å²) in [4.78, 5) is 12.2. The van der Waals surface area contributed by atoms with Gasteiger partial charge in [0.1, 0.15) is 11.5 Å². The molecular weight excluding hydrogens is 418 g/mol. The first kappa shape index (κ1) is 19.4. The largest absolute Gasteiger partial charge is 0.496 e. The van der Waals surface area contributed by atoms with E-state index in [1.54, 1.807) is 55.7 Å². The molecule has 5 heteroatoms. The zero-order valence-electron chi connectivity index (χ0n) is 15.1. The Labute approximate surface area is 171 Å². The summed E-state index contributed by atoms with van der Waals surface area (Å²) in [7, 11) is 1.57. The third-order valence-corrected chi connectivity index (χ3v) is 4.47. The SMILES string of the molecule is COc1ccccc1/C(C#N)=C\c1ccc(OC(=O)c2cccc(Br)c2)cc1. The number of esters is 1. The fourth-order valence-corrected chi connectivity index (χ4v) is 3.02. The van der Waals surface area contributed by atoms with Crippen molar-refractivity contribution in [3.8, 4) is 17.6 Å². The molecule has 3 rings (SSSR count). The molecule has 0 saturated carbocycles. The van der Waals surface area contributed by atoms with Crippen molar-refractivity contribution in [3.05, 3.63) is 94.0 Å². The second kappa shape index (κ2) is 9.03. The Bertz CT molecular complexity index is 1070. The lowest BCUT2D eigenvalue weighted by molar-refractivity contribution is 0.0734. The van der Waals surface area contributed by atoms with Gasteiger partial charge in [-0.1, -0.05) is 46.3 Å². The average Bonchev–Trinajstić information content (AvgIpc) is 2.73. The minimum Gasteiger partial charge on any atom is -0.496 e. The maximum Gasteiger partial charge on any atom is 0.343 e. The van der Waals surface area contributed by atoms with Crippen LogP contribution < -0.4 is 9.47 Å². The summed E-state index contributed by atoms with van der Waals surface area (Å²) in [6, 6.07) is 23.5. The van der Waals surface area contributed by atoms with Crippen molar-refractivity contribution in [2.24, 2.45) is 0 Å². The highest BCUT2D eigenvalue weighted by atomic mass is 79.9. The number of rotatable bonds is 5. The predicted octanol–water partition coefficient (Wildman–Crippen LogP) is 5.74. The zero-order chi connectivity index (χ0) is 19.9. The van der Waals surface area contributed by atoms with Crippen molar-refractivity contribution in [1.29, 1.82) is 5.26 Å². The van der Waals surface area contributed by atoms with Gasteiger partial charge in [-0.05, 0) is 54.1 Å². The molecule has 0 aliphatic rings. The van der Waals surface area contributed by atoms with Gasteiger partial charge in [-0.15, -0.1) is 0 Å². The van der Waals surface area contributed by atoms with Gasteiger partial charge in [-0.2, -0.15) is 5.26 Å². The topological polar surface area (TPSA) is 59.3 Å². The summed E-state index contributed by atoms with van der Waals surface area (Å²) >= 11 is 3.34. The summed E-state index contributed by atoms with van der Waals surface area (Å²) in [5, 5.41) is 9.54. The molecule has 0 spiro atoms. The van der Waals surface area contributed by atoms with Gasteiger partial charge in [-0.3, -0.25) is 0 Å². The van der Waals surface area contributed by atoms with Crippen LogP contribution >= 0.6 is 15.9 Å². The number of carbonyl (C=O) groups excluding carboxylic acids is 1. The number of carbonyl (C=O) groups is 1. The molecule has 0 heterocycles. The number of ether oxygens (including phenoxy) is 2. The van der Waals surface area contributed by atoms with Gasteiger partial charge >= 0.3 is 5.97 Å². The Morgan fingerprint density at radius 1 is 1.04 bits per heavy atom. The van der Waals surface area contributed by atoms with E-state index in [4.69, 9.17) is 9.47 Å². The molecule has 0 N–H and O–H groups in total. The smallest absolute Gasteiger partial charge is 0.343 e. The Hall–Kier alpha value is -3.36. The summed E-state index contributed by atoms with van der Waals surface area (Å²) in [5.41, 5.74) is 2.47. The molecule has 0 aromatic heterocycles. The van der Waals surface area contributed by atoms with Gasteiger partial charge in [0.2, 0.25) is 0 Å². The first-order chi connectivity index (χ1) is 13.6. The van der Waals surface area contributed by atoms with Crippen molar-refractivity contribution in [2.45, 2.75) is 0 Å². The third kappa shape index (κ3) is 4.67. The van der Waals surface area contributed by atoms with Crippen LogP contribution in [0.4, 0.5) is 0 Å². The van der Waals surface area contributed by atoms with Crippen LogP contribution in [0.15, 0.2) is 77.3 Å². The zero-order valence-corrected chi connectivity index (χ0v) is 16.6. The van der Waals surface area contributed by atoms with E-state index in [0.29, 0.717) is 22.6 Å². The minimum atomic E-state index is -0.434. The number of hydrogen-bond acceptors (Lipinski definition) is 4. The van der Waals surface area contributed by atoms with Crippen molar-refractivity contribution in [1.82, 2.24) is 0 Å². The van der Waals surface area contributed by atoms with Crippen LogP contribution in [-0.4, -0.2) is 13.1 Å². The summed E-state index contributed by atoms with van der Waals surface area (Å²) in [6.07, 6.45) is 1.76. The molecule has 28 heavy (non-hydrogen) atoms. The molecule has 3 aromatic carbocycles. The second-order valence-corrected chi connectivity index (χ2v) is 6.75. The lowest BCUT2D eigenvalue weighted by atomic mass is 10.0. The number of para-hydroxylation sites is 1. The highest BCUT2D eigenvalue weighted by Crippen LogP contribution is 2.27. The maximum absolute atomic E-state index is 12.2. The van der Waals surface area contributed by atoms with Crippen LogP contribution in [0.5, 0.6) is 11.5 Å². The number of allylic oxidation sites excluding steroid dienone is 1. The van der Waals surface area contributed by atoms with Gasteiger partial charge in [0, 0.05) is 10.0 Å². The van der Waals surface area contributed by atoms with Crippen molar-refractivity contribution >= 4 is 33.5 Å². The van der Waals surface area contributed by atoms with Crippen LogP contribution in [0.2, 0.25) is 0 Å². The van der Waals surface area contributed by atoms with Gasteiger partial charge < -0.3 is 9.47 Å². The Kier molecular flexibility index (Phi) is 6.25. The monoisotopic (exact) mass is 433 g/mol. The average molecular weight is 434 g/mol. The van der Waals surface area contributed by atoms with Crippen LogP contribution in [0.25, 0.3) is 11.6 Å². The van der Waals surface area contributed by atoms with Gasteiger partial charge in [0.05, 0.1) is 24.3 Å². The first-order valence-corrected chi connectivity index (χ1v) is 9.23. The number of benzene rings is 3. The maximum atomic E-state index is 12.2. The number of nitrogens with zero attached hydrogens (tertiary/aromatic N) is 1. The lowest BCUT2D eigenvalue weighted by Crippen LogP contribution is -2.08. The van der Waals surface area contributed by atoms with E-state index < -0.39 is 5.97 Å². The first-order valence-electron chi connectivity index (χ1n) is 8.43.